The summed E-state index contributed by atoms with van der Waals surface area (Å²) in [6.45, 7) is 11.6. The average molecular weight is 598 g/mol. The number of hydrogen-bond donors (Lipinski definition) is 1. The predicted octanol–water partition coefficient (Wildman–Crippen LogP) is 6.04. The van der Waals surface area contributed by atoms with Gasteiger partial charge in [-0.3, -0.25) is 13.9 Å². The first-order chi connectivity index (χ1) is 19.3. The van der Waals surface area contributed by atoms with Crippen molar-refractivity contribution < 1.29 is 18.0 Å². The van der Waals surface area contributed by atoms with Crippen molar-refractivity contribution in [3.8, 4) is 0 Å². The van der Waals surface area contributed by atoms with E-state index in [0.29, 0.717) is 18.0 Å². The quantitative estimate of drug-likeness (QED) is 0.276. The third kappa shape index (κ3) is 8.33. The van der Waals surface area contributed by atoms with Gasteiger partial charge in [0.2, 0.25) is 11.8 Å². The van der Waals surface area contributed by atoms with Gasteiger partial charge < -0.3 is 10.2 Å². The Kier molecular flexibility index (Phi) is 11.0. The molecule has 7 nitrogen and oxygen atoms in total. The van der Waals surface area contributed by atoms with Gasteiger partial charge in [0.1, 0.15) is 12.6 Å². The molecule has 0 aromatic heterocycles. The summed E-state index contributed by atoms with van der Waals surface area (Å²) in [7, 11) is -4.16. The molecule has 9 heteroatoms. The van der Waals surface area contributed by atoms with Crippen LogP contribution in [0.5, 0.6) is 0 Å². The Morgan fingerprint density at radius 1 is 0.927 bits per heavy atom. The van der Waals surface area contributed by atoms with Crippen LogP contribution in [-0.2, 0) is 26.2 Å². The zero-order chi connectivity index (χ0) is 30.3. The molecule has 0 saturated carbocycles. The third-order valence-corrected chi connectivity index (χ3v) is 9.03. The van der Waals surface area contributed by atoms with Crippen LogP contribution >= 0.6 is 11.6 Å². The molecule has 0 heterocycles. The van der Waals surface area contributed by atoms with Crippen LogP contribution in [0.15, 0.2) is 71.6 Å². The molecule has 1 unspecified atom stereocenters. The zero-order valence-electron chi connectivity index (χ0n) is 24.6. The van der Waals surface area contributed by atoms with E-state index in [9.17, 15) is 18.0 Å². The van der Waals surface area contributed by atoms with Crippen LogP contribution < -0.4 is 9.62 Å². The van der Waals surface area contributed by atoms with Gasteiger partial charge in [0.05, 0.1) is 10.6 Å². The Balaban J connectivity index is 2.07. The van der Waals surface area contributed by atoms with Crippen molar-refractivity contribution in [2.45, 2.75) is 65.4 Å². The molecule has 41 heavy (non-hydrogen) atoms. The maximum atomic E-state index is 14.1. The first-order valence-electron chi connectivity index (χ1n) is 13.8. The number of sulfonamides is 1. The van der Waals surface area contributed by atoms with E-state index < -0.39 is 28.5 Å². The van der Waals surface area contributed by atoms with Gasteiger partial charge in [-0.05, 0) is 68.5 Å². The summed E-state index contributed by atoms with van der Waals surface area (Å²) in [5, 5.41) is 3.33. The molecule has 0 saturated heterocycles. The van der Waals surface area contributed by atoms with Crippen molar-refractivity contribution in [1.82, 2.24) is 10.2 Å². The maximum Gasteiger partial charge on any atom is 0.264 e. The molecule has 0 spiro atoms. The highest BCUT2D eigenvalue weighted by Gasteiger charge is 2.34. The fraction of sp³-hybridized carbons (Fsp3) is 0.375. The van der Waals surface area contributed by atoms with Gasteiger partial charge in [-0.2, -0.15) is 0 Å². The lowest BCUT2D eigenvalue weighted by atomic mass is 10.1. The molecule has 0 bridgehead atoms. The lowest BCUT2D eigenvalue weighted by Crippen LogP contribution is -2.52. The van der Waals surface area contributed by atoms with Crippen LogP contribution in [0.4, 0.5) is 5.69 Å². The fourth-order valence-electron chi connectivity index (χ4n) is 4.45. The highest BCUT2D eigenvalue weighted by molar-refractivity contribution is 7.92. The second-order valence-electron chi connectivity index (χ2n) is 10.8. The minimum atomic E-state index is -4.16. The highest BCUT2D eigenvalue weighted by Crippen LogP contribution is 2.29. The SMILES string of the molecule is CCC(C(=O)NCC(C)C)N(Cc1cccc(C)c1)C(=O)CN(c1ccc(C)c(Cl)c1)S(=O)(=O)c1ccc(C)cc1. The molecule has 1 N–H and O–H groups in total. The Labute approximate surface area is 249 Å². The van der Waals surface area contributed by atoms with Gasteiger partial charge in [-0.1, -0.05) is 86.0 Å². The Morgan fingerprint density at radius 3 is 2.20 bits per heavy atom. The molecule has 3 aromatic rings. The van der Waals surface area contributed by atoms with E-state index in [2.05, 4.69) is 5.32 Å². The van der Waals surface area contributed by atoms with E-state index in [1.54, 1.807) is 30.3 Å². The van der Waals surface area contributed by atoms with E-state index in [4.69, 9.17) is 11.6 Å². The number of aryl methyl sites for hydroxylation is 3. The second-order valence-corrected chi connectivity index (χ2v) is 13.1. The molecular weight excluding hydrogens is 558 g/mol. The molecular formula is C32H40ClN3O4S. The number of nitrogens with one attached hydrogen (secondary N) is 1. The van der Waals surface area contributed by atoms with Crippen LogP contribution in [0.2, 0.25) is 5.02 Å². The van der Waals surface area contributed by atoms with Crippen LogP contribution in [0.1, 0.15) is 49.4 Å². The molecule has 3 rings (SSSR count). The smallest absolute Gasteiger partial charge is 0.264 e. The number of carbonyl (C=O) groups is 2. The summed E-state index contributed by atoms with van der Waals surface area (Å²) in [5.74, 6) is -0.530. The monoisotopic (exact) mass is 597 g/mol. The van der Waals surface area contributed by atoms with E-state index in [-0.39, 0.29) is 29.0 Å². The number of benzene rings is 3. The molecule has 1 atom stereocenters. The van der Waals surface area contributed by atoms with Gasteiger partial charge in [0.15, 0.2) is 0 Å². The normalized spacial score (nSPS) is 12.2. The van der Waals surface area contributed by atoms with E-state index in [0.717, 1.165) is 26.6 Å². The van der Waals surface area contributed by atoms with Crippen LogP contribution in [0, 0.1) is 26.7 Å². The molecule has 0 fully saturated rings. The Hall–Kier alpha value is -3.36. The van der Waals surface area contributed by atoms with Gasteiger partial charge in [0.25, 0.3) is 10.0 Å². The number of amides is 2. The number of rotatable bonds is 12. The summed E-state index contributed by atoms with van der Waals surface area (Å²) in [4.78, 5) is 29.0. The topological polar surface area (TPSA) is 86.8 Å². The molecule has 0 aliphatic rings. The van der Waals surface area contributed by atoms with E-state index in [1.807, 2.05) is 65.8 Å². The van der Waals surface area contributed by atoms with E-state index in [1.165, 1.54) is 17.0 Å². The number of carbonyl (C=O) groups excluding carboxylic acids is 2. The number of anilines is 1. The maximum absolute atomic E-state index is 14.1. The molecule has 0 radical (unpaired) electrons. The lowest BCUT2D eigenvalue weighted by molar-refractivity contribution is -0.140. The first-order valence-corrected chi connectivity index (χ1v) is 15.6. The van der Waals surface area contributed by atoms with Crippen LogP contribution in [0.3, 0.4) is 0 Å². The van der Waals surface area contributed by atoms with Crippen molar-refractivity contribution in [3.63, 3.8) is 0 Å². The summed E-state index contributed by atoms with van der Waals surface area (Å²) >= 11 is 6.40. The van der Waals surface area contributed by atoms with Crippen molar-refractivity contribution >= 4 is 39.1 Å². The molecule has 0 aliphatic carbocycles. The van der Waals surface area contributed by atoms with Crippen molar-refractivity contribution in [2.75, 3.05) is 17.4 Å². The van der Waals surface area contributed by atoms with Gasteiger partial charge >= 0.3 is 0 Å². The van der Waals surface area contributed by atoms with Gasteiger partial charge in [-0.25, -0.2) is 8.42 Å². The molecule has 2 amide bonds. The van der Waals surface area contributed by atoms with Crippen molar-refractivity contribution in [2.24, 2.45) is 5.92 Å². The second kappa shape index (κ2) is 14.0. The fourth-order valence-corrected chi connectivity index (χ4v) is 6.03. The standard InChI is InChI=1S/C32H40ClN3O4S/c1-7-30(32(38)34-19-22(2)3)35(20-26-10-8-9-24(5)17-26)31(37)21-36(27-14-13-25(6)29(33)18-27)41(39,40)28-15-11-23(4)12-16-28/h8-18,22,30H,7,19-21H2,1-6H3,(H,34,38). The number of hydrogen-bond acceptors (Lipinski definition) is 4. The molecule has 0 aliphatic heterocycles. The zero-order valence-corrected chi connectivity index (χ0v) is 26.2. The summed E-state index contributed by atoms with van der Waals surface area (Å²) in [6, 6.07) is 18.3. The Morgan fingerprint density at radius 2 is 1.61 bits per heavy atom. The third-order valence-electron chi connectivity index (χ3n) is 6.84. The van der Waals surface area contributed by atoms with Gasteiger partial charge in [0, 0.05) is 18.1 Å². The largest absolute Gasteiger partial charge is 0.354 e. The van der Waals surface area contributed by atoms with Crippen LogP contribution in [-0.4, -0.2) is 44.3 Å². The first kappa shape index (κ1) is 32.2. The number of nitrogens with zero attached hydrogens (tertiary/aromatic N) is 2. The minimum absolute atomic E-state index is 0.0551. The van der Waals surface area contributed by atoms with Crippen molar-refractivity contribution in [3.05, 3.63) is 94.0 Å². The van der Waals surface area contributed by atoms with Crippen molar-refractivity contribution in [1.29, 1.82) is 0 Å². The average Bonchev–Trinajstić information content (AvgIpc) is 2.92. The molecule has 3 aromatic carbocycles. The summed E-state index contributed by atoms with van der Waals surface area (Å²) < 4.78 is 29.0. The Bertz CT molecular complexity index is 1470. The highest BCUT2D eigenvalue weighted by atomic mass is 35.5. The van der Waals surface area contributed by atoms with E-state index >= 15 is 0 Å². The lowest BCUT2D eigenvalue weighted by Gasteiger charge is -2.33. The number of halogens is 1. The summed E-state index contributed by atoms with van der Waals surface area (Å²) in [6.07, 6.45) is 0.364. The minimum Gasteiger partial charge on any atom is -0.354 e. The van der Waals surface area contributed by atoms with Gasteiger partial charge in [-0.15, -0.1) is 0 Å². The summed E-state index contributed by atoms with van der Waals surface area (Å²) in [5.41, 5.74) is 3.82. The van der Waals surface area contributed by atoms with Crippen LogP contribution in [0.25, 0.3) is 0 Å². The predicted molar refractivity (Wildman–Crippen MR) is 166 cm³/mol. The molecule has 220 valence electrons.